The van der Waals surface area contributed by atoms with Crippen molar-refractivity contribution in [3.63, 3.8) is 0 Å². The van der Waals surface area contributed by atoms with E-state index in [9.17, 15) is 102 Å². The first kappa shape index (κ1) is 112. The fourth-order valence-electron chi connectivity index (χ4n) is 15.7. The number of hydrogen-bond acceptors (Lipinski definition) is 28. The number of carbonyl (C=O) groups excluding carboxylic acids is 9. The Morgan fingerprint density at radius 3 is 1.26 bits per heavy atom. The van der Waals surface area contributed by atoms with Crippen LogP contribution < -0.4 is 78.8 Å². The number of nitrogens with one attached hydrogen (secondary N) is 15. The molecule has 9 amide bonds. The summed E-state index contributed by atoms with van der Waals surface area (Å²) in [7, 11) is -13.3. The second-order valence-corrected chi connectivity index (χ2v) is 38.8. The van der Waals surface area contributed by atoms with Gasteiger partial charge in [0.2, 0.25) is 66.3 Å². The predicted molar refractivity (Wildman–Crippen MR) is 533 cm³/mol. The molecular weight excluding hydrogens is 1940 g/mol. The van der Waals surface area contributed by atoms with Crippen LogP contribution in [0, 0.1) is 41.5 Å². The number of aryl methyl sites for hydroxylation is 8. The number of hydrogen-bond donors (Lipinski definition) is 18. The van der Waals surface area contributed by atoms with E-state index in [0.29, 0.717) is 77.4 Å². The van der Waals surface area contributed by atoms with Gasteiger partial charge in [-0.15, -0.1) is 5.11 Å². The van der Waals surface area contributed by atoms with Crippen molar-refractivity contribution in [2.75, 3.05) is 89.4 Å². The third-order valence-electron chi connectivity index (χ3n) is 22.6. The summed E-state index contributed by atoms with van der Waals surface area (Å²) in [6, 6.07) is 20.0. The van der Waals surface area contributed by atoms with E-state index in [-0.39, 0.29) is 203 Å². The molecule has 776 valence electrons. The Labute approximate surface area is 835 Å². The number of imidazole rings is 2. The number of aliphatic carboxylic acids is 2. The highest BCUT2D eigenvalue weighted by molar-refractivity contribution is 7.90. The Kier molecular flexibility index (Phi) is 42.2. The molecule has 0 fully saturated rings. The molecule has 0 spiro atoms. The highest BCUT2D eigenvalue weighted by Crippen LogP contribution is 2.27. The summed E-state index contributed by atoms with van der Waals surface area (Å²) in [6.07, 6.45) is 11.4. The van der Waals surface area contributed by atoms with Crippen LogP contribution in [0.3, 0.4) is 0 Å². The number of amides is 9. The molecule has 5 aromatic heterocycles. The molecule has 0 aliphatic heterocycles. The van der Waals surface area contributed by atoms with E-state index >= 15 is 0 Å². The highest BCUT2D eigenvalue weighted by Gasteiger charge is 2.33. The molecule has 10 rings (SSSR count). The molecule has 3 atom stereocenters. The molecule has 5 aromatic carbocycles. The minimum absolute atomic E-state index is 0.0115. The number of benzene rings is 5. The first-order valence-electron chi connectivity index (χ1n) is 46.7. The molecule has 46 nitrogen and oxygen atoms in total. The molecule has 0 saturated carbocycles. The fraction of sp³-hybridized carbons (Fsp3) is 0.396. The number of fused-ring (bicyclic) bond motifs is 2. The minimum Gasteiger partial charge on any atom is -0.480 e. The zero-order valence-corrected chi connectivity index (χ0v) is 83.2. The van der Waals surface area contributed by atoms with Crippen LogP contribution in [0.2, 0.25) is 0 Å². The van der Waals surface area contributed by atoms with Gasteiger partial charge >= 0.3 is 11.9 Å². The number of carboxylic acid groups (broad SMARTS) is 2. The Morgan fingerprint density at radius 1 is 0.462 bits per heavy atom. The second-order valence-electron chi connectivity index (χ2n) is 34.2. The number of azo groups is 1. The maximum absolute atomic E-state index is 14.0. The smallest absolute Gasteiger partial charge is 0.323 e. The average Bonchev–Trinajstić information content (AvgIpc) is 0.917. The maximum atomic E-state index is 14.0. The van der Waals surface area contributed by atoms with Gasteiger partial charge in [0.25, 0.3) is 27.8 Å². The van der Waals surface area contributed by atoms with Crippen LogP contribution in [0.1, 0.15) is 158 Å². The van der Waals surface area contributed by atoms with Gasteiger partial charge in [-0.25, -0.2) is 31.8 Å². The lowest BCUT2D eigenvalue weighted by Crippen LogP contribution is -2.49. The summed E-state index contributed by atoms with van der Waals surface area (Å²) in [5.41, 5.74) is 3.63. The molecule has 145 heavy (non-hydrogen) atoms. The summed E-state index contributed by atoms with van der Waals surface area (Å²) >= 11 is 0. The molecule has 0 aliphatic carbocycles. The Bertz CT molecular complexity index is 6780. The molecule has 0 bridgehead atoms. The molecule has 0 saturated heterocycles. The van der Waals surface area contributed by atoms with Crippen LogP contribution >= 0.6 is 0 Å². The van der Waals surface area contributed by atoms with Gasteiger partial charge < -0.3 is 97.3 Å². The van der Waals surface area contributed by atoms with Gasteiger partial charge in [-0.3, -0.25) is 66.9 Å². The molecule has 49 heteroatoms. The number of H-pyrrole nitrogens is 2. The number of sulfonamides is 2. The quantitative estimate of drug-likeness (QED) is 0.0135. The lowest BCUT2D eigenvalue weighted by atomic mass is 10.1. The maximum Gasteiger partial charge on any atom is 0.323 e. The number of carboxylic acids is 2. The first-order valence-corrected chi connectivity index (χ1v) is 51.1. The van der Waals surface area contributed by atoms with Gasteiger partial charge in [-0.2, -0.15) is 23.0 Å². The number of aromatic amines is 2. The van der Waals surface area contributed by atoms with Crippen LogP contribution in [0.25, 0.3) is 21.8 Å². The Morgan fingerprint density at radius 2 is 0.869 bits per heavy atom. The zero-order valence-electron chi connectivity index (χ0n) is 80.8. The normalized spacial score (nSPS) is 12.2. The van der Waals surface area contributed by atoms with E-state index < -0.39 is 131 Å². The van der Waals surface area contributed by atoms with E-state index in [1.807, 2.05) is 0 Å². The molecule has 0 aliphatic rings. The van der Waals surface area contributed by atoms with Crippen molar-refractivity contribution in [2.24, 2.45) is 10.2 Å². The van der Waals surface area contributed by atoms with Crippen LogP contribution in [0.5, 0.6) is 0 Å². The number of nitrogens with zero attached hydrogens (tertiary/aromatic N) is 7. The number of pyridine rings is 3. The minimum atomic E-state index is -4.55. The van der Waals surface area contributed by atoms with Crippen molar-refractivity contribution in [2.45, 2.75) is 184 Å². The first-order chi connectivity index (χ1) is 69.2. The summed E-state index contributed by atoms with van der Waals surface area (Å²) in [4.78, 5) is 191. The molecule has 10 aromatic rings. The van der Waals surface area contributed by atoms with E-state index in [1.54, 1.807) is 142 Å². The predicted octanol–water partition coefficient (Wildman–Crippen LogP) is 5.00. The van der Waals surface area contributed by atoms with Crippen molar-refractivity contribution >= 4 is 135 Å². The third-order valence-corrected chi connectivity index (χ3v) is 27.1. The largest absolute Gasteiger partial charge is 0.480 e. The standard InChI is InChI=1S/C96H120N22O24S3/c1-59-45-61(3)87(62(4)46-59)143(134,135)115-74(93(130)131)55-108-90(127)71-57-117(76-49-65(17-20-69(76)85(71)124)51-110-95-103-35-36-104-95)39-9-29-97-81(120)25-27-83(122)100-32-12-42-141-41-11-31-99-80(119)24-22-73(113-89(126)68-19-23-79(107-53-68)114-112-54-67-15-7-8-16-78(67)145(138,139)140)92(129)102-34-14-44-142-43-13-33-101-84(123)28-26-82(121)98-30-10-40-118-58-72(86(125)70-21-18-66(50-77(70)118)52-111-96-105-37-38-106-96)91(128)109-56-75(94(132)133)116-144(136,137)88-63(5)47-60(2)48-64(88)6/h7-8,15-21,23,35-38,45-50,53,57-58,73-75,115-116H,9-14,22,24-34,39-44,51-52,54-56H2,1-6H3,(H,97,120)(H,98,121)(H,99,119)(H,100,122)(H,101,123)(H,102,129)(H,108,127)(H,109,128)(H,113,126)(H,130,131)(H,132,133)(H2,103,104,110)(H2,105,106,111)(H,138,139,140)/t73-,74-,75-/m0/s1. The molecular formula is C96H120N22O24S3. The van der Waals surface area contributed by atoms with Gasteiger partial charge in [-0.05, 0) is 168 Å². The number of anilines is 2. The third kappa shape index (κ3) is 34.7. The topological polar surface area (TPSA) is 665 Å². The lowest BCUT2D eigenvalue weighted by Gasteiger charge is -2.19. The van der Waals surface area contributed by atoms with Gasteiger partial charge in [0.1, 0.15) is 29.3 Å². The highest BCUT2D eigenvalue weighted by atomic mass is 32.2. The molecule has 0 unspecified atom stereocenters. The van der Waals surface area contributed by atoms with Crippen LogP contribution in [-0.4, -0.2) is 236 Å². The summed E-state index contributed by atoms with van der Waals surface area (Å²) < 4.78 is 107. The number of rotatable bonds is 60. The number of ether oxygens (including phenoxy) is 2. The Hall–Kier alpha value is -14.9. The van der Waals surface area contributed by atoms with Crippen LogP contribution in [-0.2, 0) is 111 Å². The summed E-state index contributed by atoms with van der Waals surface area (Å²) in [5, 5.41) is 58.8. The van der Waals surface area contributed by atoms with Gasteiger partial charge in [0.15, 0.2) is 17.7 Å². The van der Waals surface area contributed by atoms with Crippen molar-refractivity contribution in [1.82, 2.24) is 91.3 Å². The van der Waals surface area contributed by atoms with Crippen molar-refractivity contribution in [3.05, 3.63) is 228 Å². The lowest BCUT2D eigenvalue weighted by molar-refractivity contribution is -0.139. The number of aromatic nitrogens is 7. The SMILES string of the molecule is Cc1cc(C)c(S(=O)(=O)N[C@@H](CNC(=O)c2cn(CCCNC(=O)CCC(=O)NCCCOCCCNC(=O)CC[C@H](NC(=O)c3ccc(N=NCc4ccccc4S(=O)(=O)O)nc3)C(=O)NCCCOCCCNC(=O)CCC(=O)NCCCn3cc(C(=O)NC[C@H](NS(=O)(=O)c4c(C)cc(C)cc4C)C(=O)O)c(=O)c4ccc(CNc5ncc[nH]5)cc43)c3cc(CNc4ncc[nH]4)ccc3c2=O)C(=O)O)c(C)c1. The van der Waals surface area contributed by atoms with E-state index in [0.717, 1.165) is 22.3 Å². The molecule has 0 radical (unpaired) electrons. The van der Waals surface area contributed by atoms with E-state index in [1.165, 1.54) is 48.9 Å². The van der Waals surface area contributed by atoms with Gasteiger partial charge in [0.05, 0.1) is 37.8 Å². The van der Waals surface area contributed by atoms with Gasteiger partial charge in [-0.1, -0.05) is 65.7 Å². The van der Waals surface area contributed by atoms with Crippen molar-refractivity contribution < 1.29 is 102 Å². The summed E-state index contributed by atoms with van der Waals surface area (Å²) in [6.45, 7) is 11.0. The van der Waals surface area contributed by atoms with Crippen LogP contribution in [0.4, 0.5) is 17.7 Å². The molecule has 18 N–H and O–H groups in total. The number of carbonyl (C=O) groups is 11. The van der Waals surface area contributed by atoms with Gasteiger partial charge in [0, 0.05) is 191 Å². The summed E-state index contributed by atoms with van der Waals surface area (Å²) in [5.74, 6) is -7.46. The monoisotopic (exact) mass is 2060 g/mol. The molecule has 5 heterocycles. The van der Waals surface area contributed by atoms with Crippen molar-refractivity contribution in [3.8, 4) is 0 Å². The fourth-order valence-corrected chi connectivity index (χ4v) is 19.7. The van der Waals surface area contributed by atoms with Crippen molar-refractivity contribution in [1.29, 1.82) is 0 Å². The average molecular weight is 2060 g/mol. The zero-order chi connectivity index (χ0) is 105. The second kappa shape index (κ2) is 54.5. The van der Waals surface area contributed by atoms with E-state index in [4.69, 9.17) is 9.47 Å². The Balaban J connectivity index is 0.617. The van der Waals surface area contributed by atoms with E-state index in [2.05, 4.69) is 103 Å². The van der Waals surface area contributed by atoms with Crippen LogP contribution in [0.15, 0.2) is 175 Å².